The van der Waals surface area contributed by atoms with Crippen LogP contribution in [0.15, 0.2) is 54.7 Å². The highest BCUT2D eigenvalue weighted by Crippen LogP contribution is 2.29. The Labute approximate surface area is 162 Å². The first-order chi connectivity index (χ1) is 13.0. The average molecular weight is 383 g/mol. The predicted molar refractivity (Wildman–Crippen MR) is 106 cm³/mol. The zero-order chi connectivity index (χ0) is 19.4. The normalized spacial score (nSPS) is 11.7. The summed E-state index contributed by atoms with van der Waals surface area (Å²) in [6, 6.07) is 14.7. The molecule has 0 spiro atoms. The van der Waals surface area contributed by atoms with E-state index in [2.05, 4.69) is 10.3 Å². The van der Waals surface area contributed by atoms with Crippen LogP contribution in [0.1, 0.15) is 29.0 Å². The number of ether oxygens (including phenoxy) is 2. The van der Waals surface area contributed by atoms with Crippen molar-refractivity contribution in [3.05, 3.63) is 70.8 Å². The summed E-state index contributed by atoms with van der Waals surface area (Å²) in [5.41, 5.74) is 2.08. The summed E-state index contributed by atoms with van der Waals surface area (Å²) in [4.78, 5) is 15.9. The number of carbonyl (C=O) groups is 1. The van der Waals surface area contributed by atoms with Gasteiger partial charge in [-0.1, -0.05) is 18.2 Å². The fraction of sp³-hybridized carbons (Fsp3) is 0.200. The number of nitrogens with one attached hydrogen (secondary N) is 2. The second-order valence-corrected chi connectivity index (χ2v) is 6.34. The first-order valence-corrected chi connectivity index (χ1v) is 8.84. The molecular formula is C20H21N3O3S. The first kappa shape index (κ1) is 18.7. The molecule has 1 aromatic heterocycles. The SMILES string of the molecule is COc1ccc(OC)c(C(C)NC(=O)c2c[nH]c(=S)n2-c2ccccc2)c1. The number of rotatable bonds is 6. The van der Waals surface area contributed by atoms with E-state index >= 15 is 0 Å². The molecule has 0 fully saturated rings. The van der Waals surface area contributed by atoms with Crippen LogP contribution in [-0.4, -0.2) is 29.7 Å². The average Bonchev–Trinajstić information content (AvgIpc) is 3.09. The lowest BCUT2D eigenvalue weighted by Crippen LogP contribution is -2.28. The molecule has 0 aliphatic carbocycles. The number of hydrogen-bond acceptors (Lipinski definition) is 4. The Kier molecular flexibility index (Phi) is 5.61. The number of nitrogens with zero attached hydrogens (tertiary/aromatic N) is 1. The molecule has 1 atom stereocenters. The quantitative estimate of drug-likeness (QED) is 0.631. The van der Waals surface area contributed by atoms with Crippen LogP contribution < -0.4 is 14.8 Å². The number of benzene rings is 2. The lowest BCUT2D eigenvalue weighted by Gasteiger charge is -2.18. The lowest BCUT2D eigenvalue weighted by molar-refractivity contribution is 0.0932. The van der Waals surface area contributed by atoms with Gasteiger partial charge in [0.25, 0.3) is 5.91 Å². The Hall–Kier alpha value is -3.06. The summed E-state index contributed by atoms with van der Waals surface area (Å²) in [5, 5.41) is 3.00. The van der Waals surface area contributed by atoms with Gasteiger partial charge in [-0.15, -0.1) is 0 Å². The van der Waals surface area contributed by atoms with E-state index in [0.717, 1.165) is 11.3 Å². The van der Waals surface area contributed by atoms with Gasteiger partial charge in [0.1, 0.15) is 17.2 Å². The number of aromatic nitrogens is 2. The first-order valence-electron chi connectivity index (χ1n) is 8.43. The molecule has 3 aromatic rings. The molecule has 0 aliphatic heterocycles. The van der Waals surface area contributed by atoms with Crippen molar-refractivity contribution in [2.24, 2.45) is 0 Å². The number of amides is 1. The van der Waals surface area contributed by atoms with Gasteiger partial charge in [0.2, 0.25) is 0 Å². The van der Waals surface area contributed by atoms with E-state index in [4.69, 9.17) is 21.7 Å². The summed E-state index contributed by atoms with van der Waals surface area (Å²) in [5.74, 6) is 1.13. The molecule has 0 saturated heterocycles. The predicted octanol–water partition coefficient (Wildman–Crippen LogP) is 4.04. The van der Waals surface area contributed by atoms with Crippen molar-refractivity contribution < 1.29 is 14.3 Å². The molecule has 0 saturated carbocycles. The van der Waals surface area contributed by atoms with Crippen LogP contribution in [-0.2, 0) is 0 Å². The minimum Gasteiger partial charge on any atom is -0.497 e. The van der Waals surface area contributed by atoms with E-state index in [0.29, 0.717) is 22.0 Å². The van der Waals surface area contributed by atoms with Crippen molar-refractivity contribution in [1.29, 1.82) is 0 Å². The number of aromatic amines is 1. The molecule has 140 valence electrons. The Morgan fingerprint density at radius 1 is 1.15 bits per heavy atom. The zero-order valence-corrected chi connectivity index (χ0v) is 16.2. The van der Waals surface area contributed by atoms with Crippen LogP contribution in [0.3, 0.4) is 0 Å². The Morgan fingerprint density at radius 3 is 2.56 bits per heavy atom. The van der Waals surface area contributed by atoms with Gasteiger partial charge in [-0.05, 0) is 49.5 Å². The number of H-pyrrole nitrogens is 1. The van der Waals surface area contributed by atoms with Gasteiger partial charge in [0.15, 0.2) is 4.77 Å². The Morgan fingerprint density at radius 2 is 1.89 bits per heavy atom. The Balaban J connectivity index is 1.90. The van der Waals surface area contributed by atoms with Crippen LogP contribution in [0.5, 0.6) is 11.5 Å². The highest BCUT2D eigenvalue weighted by molar-refractivity contribution is 7.71. The molecule has 3 rings (SSSR count). The van der Waals surface area contributed by atoms with Crippen LogP contribution in [0, 0.1) is 4.77 Å². The zero-order valence-electron chi connectivity index (χ0n) is 15.4. The van der Waals surface area contributed by atoms with E-state index in [1.54, 1.807) is 25.0 Å². The van der Waals surface area contributed by atoms with Gasteiger partial charge in [0, 0.05) is 17.4 Å². The molecule has 1 heterocycles. The highest BCUT2D eigenvalue weighted by atomic mass is 32.1. The topological polar surface area (TPSA) is 68.3 Å². The molecule has 1 amide bonds. The smallest absolute Gasteiger partial charge is 0.270 e. The summed E-state index contributed by atoms with van der Waals surface area (Å²) >= 11 is 5.34. The summed E-state index contributed by atoms with van der Waals surface area (Å²) in [7, 11) is 3.20. The van der Waals surface area contributed by atoms with Gasteiger partial charge in [-0.2, -0.15) is 0 Å². The van der Waals surface area contributed by atoms with E-state index in [-0.39, 0.29) is 11.9 Å². The second kappa shape index (κ2) is 8.09. The van der Waals surface area contributed by atoms with E-state index in [1.165, 1.54) is 0 Å². The maximum atomic E-state index is 12.9. The second-order valence-electron chi connectivity index (χ2n) is 5.95. The third-order valence-corrected chi connectivity index (χ3v) is 4.57. The van der Waals surface area contributed by atoms with E-state index in [1.807, 2.05) is 55.5 Å². The van der Waals surface area contributed by atoms with Gasteiger partial charge >= 0.3 is 0 Å². The Bertz CT molecular complexity index is 995. The van der Waals surface area contributed by atoms with Crippen molar-refractivity contribution in [2.45, 2.75) is 13.0 Å². The van der Waals surface area contributed by atoms with Crippen molar-refractivity contribution in [1.82, 2.24) is 14.9 Å². The van der Waals surface area contributed by atoms with Crippen molar-refractivity contribution in [2.75, 3.05) is 14.2 Å². The molecule has 0 aliphatic rings. The maximum Gasteiger partial charge on any atom is 0.270 e. The van der Waals surface area contributed by atoms with Gasteiger partial charge < -0.3 is 19.8 Å². The molecule has 7 heteroatoms. The largest absolute Gasteiger partial charge is 0.497 e. The summed E-state index contributed by atoms with van der Waals surface area (Å²) in [6.45, 7) is 1.89. The van der Waals surface area contributed by atoms with Crippen molar-refractivity contribution in [3.63, 3.8) is 0 Å². The number of para-hydroxylation sites is 1. The third kappa shape index (κ3) is 3.88. The molecule has 1 unspecified atom stereocenters. The standard InChI is InChI=1S/C20H21N3O3S/c1-13(16-11-15(25-2)9-10-18(16)26-3)22-19(24)17-12-21-20(27)23(17)14-7-5-4-6-8-14/h4-13H,1-3H3,(H,21,27)(H,22,24). The van der Waals surface area contributed by atoms with Crippen LogP contribution in [0.25, 0.3) is 5.69 Å². The van der Waals surface area contributed by atoms with Gasteiger partial charge in [-0.3, -0.25) is 9.36 Å². The monoisotopic (exact) mass is 383 g/mol. The summed E-state index contributed by atoms with van der Waals surface area (Å²) in [6.07, 6.45) is 1.61. The van der Waals surface area contributed by atoms with Crippen molar-refractivity contribution >= 4 is 18.1 Å². The fourth-order valence-electron chi connectivity index (χ4n) is 2.90. The van der Waals surface area contributed by atoms with Gasteiger partial charge in [-0.25, -0.2) is 0 Å². The maximum absolute atomic E-state index is 12.9. The molecule has 0 radical (unpaired) electrons. The highest BCUT2D eigenvalue weighted by Gasteiger charge is 2.19. The van der Waals surface area contributed by atoms with Gasteiger partial charge in [0.05, 0.1) is 20.3 Å². The van der Waals surface area contributed by atoms with Crippen LogP contribution in [0.4, 0.5) is 0 Å². The molecule has 0 bridgehead atoms. The molecule has 6 nitrogen and oxygen atoms in total. The number of hydrogen-bond donors (Lipinski definition) is 2. The van der Waals surface area contributed by atoms with Crippen molar-refractivity contribution in [3.8, 4) is 17.2 Å². The molecular weight excluding hydrogens is 362 g/mol. The minimum absolute atomic E-state index is 0.247. The molecule has 27 heavy (non-hydrogen) atoms. The number of carbonyl (C=O) groups excluding carboxylic acids is 1. The molecule has 2 N–H and O–H groups in total. The van der Waals surface area contributed by atoms with E-state index in [9.17, 15) is 4.79 Å². The molecule has 2 aromatic carbocycles. The number of imidazole rings is 1. The fourth-order valence-corrected chi connectivity index (χ4v) is 3.16. The van der Waals surface area contributed by atoms with Crippen LogP contribution in [0.2, 0.25) is 0 Å². The van der Waals surface area contributed by atoms with Crippen LogP contribution >= 0.6 is 12.2 Å². The lowest BCUT2D eigenvalue weighted by atomic mass is 10.1. The number of methoxy groups -OCH3 is 2. The minimum atomic E-state index is -0.296. The summed E-state index contributed by atoms with van der Waals surface area (Å²) < 4.78 is 12.9. The third-order valence-electron chi connectivity index (χ3n) is 4.27. The van der Waals surface area contributed by atoms with E-state index < -0.39 is 0 Å².